The topological polar surface area (TPSA) is 54.0 Å². The van der Waals surface area contributed by atoms with Gasteiger partial charge in [-0.25, -0.2) is 14.3 Å². The molecule has 0 aromatic heterocycles. The van der Waals surface area contributed by atoms with Crippen molar-refractivity contribution in [1.82, 2.24) is 0 Å². The van der Waals surface area contributed by atoms with Crippen LogP contribution in [0, 0.1) is 0 Å². The Morgan fingerprint density at radius 3 is 1.75 bits per heavy atom. The maximum atomic E-state index is 10.6. The van der Waals surface area contributed by atoms with Gasteiger partial charge in [-0.1, -0.05) is 13.8 Å². The Labute approximate surface area is 72.8 Å². The highest BCUT2D eigenvalue weighted by atomic mass is 31.1. The van der Waals surface area contributed by atoms with Crippen molar-refractivity contribution in [2.45, 2.75) is 26.7 Å². The van der Waals surface area contributed by atoms with Crippen LogP contribution >= 0.6 is 8.25 Å². The largest absolute Gasteiger partial charge is 0.427 e. The first-order valence-corrected chi connectivity index (χ1v) is 4.97. The molecule has 0 unspecified atom stereocenters. The second-order valence-electron chi connectivity index (χ2n) is 2.02. The summed E-state index contributed by atoms with van der Waals surface area (Å²) in [7, 11) is -2.30. The summed E-state index contributed by atoms with van der Waals surface area (Å²) in [5.41, 5.74) is 0. The minimum absolute atomic E-state index is 0.387. The summed E-state index contributed by atoms with van der Waals surface area (Å²) in [6.07, 6.45) is 1.58. The van der Waals surface area contributed by atoms with Gasteiger partial charge in [0.2, 0.25) is 0 Å². The van der Waals surface area contributed by atoms with E-state index in [1.807, 2.05) is 13.8 Å². The van der Waals surface area contributed by atoms with Crippen molar-refractivity contribution in [3.05, 3.63) is 0 Å². The van der Waals surface area contributed by atoms with E-state index in [-0.39, 0.29) is 0 Å². The minimum Gasteiger partial charge on any atom is -0.223 e. The maximum absolute atomic E-state index is 10.6. The molecule has 0 aromatic carbocycles. The van der Waals surface area contributed by atoms with E-state index in [4.69, 9.17) is 0 Å². The third-order valence-electron chi connectivity index (χ3n) is 0.802. The lowest BCUT2D eigenvalue weighted by molar-refractivity contribution is -0.258. The third-order valence-corrected chi connectivity index (χ3v) is 1.26. The van der Waals surface area contributed by atoms with Crippen LogP contribution in [0.15, 0.2) is 0 Å². The van der Waals surface area contributed by atoms with Crippen molar-refractivity contribution in [3.8, 4) is 0 Å². The SMILES string of the molecule is CCCOO[P](=O)OOCCC. The molecule has 0 aliphatic rings. The molecule has 73 valence electrons. The maximum Gasteiger partial charge on any atom is 0.427 e. The molecular weight excluding hydrogens is 183 g/mol. The van der Waals surface area contributed by atoms with Crippen LogP contribution in [0.25, 0.3) is 0 Å². The quantitative estimate of drug-likeness (QED) is 0.259. The van der Waals surface area contributed by atoms with Gasteiger partial charge in [0, 0.05) is 0 Å². The van der Waals surface area contributed by atoms with Crippen LogP contribution in [-0.4, -0.2) is 13.2 Å². The molecule has 0 saturated carbocycles. The van der Waals surface area contributed by atoms with Crippen LogP contribution in [0.1, 0.15) is 26.7 Å². The van der Waals surface area contributed by atoms with Crippen LogP contribution in [-0.2, 0) is 23.7 Å². The van der Waals surface area contributed by atoms with Crippen LogP contribution in [0.3, 0.4) is 0 Å². The molecule has 0 fully saturated rings. The summed E-state index contributed by atoms with van der Waals surface area (Å²) in [6.45, 7) is 4.59. The molecule has 0 spiro atoms. The number of hydrogen-bond acceptors (Lipinski definition) is 5. The van der Waals surface area contributed by atoms with Gasteiger partial charge >= 0.3 is 8.25 Å². The van der Waals surface area contributed by atoms with E-state index in [0.717, 1.165) is 12.8 Å². The van der Waals surface area contributed by atoms with E-state index >= 15 is 0 Å². The molecule has 5 nitrogen and oxygen atoms in total. The molecule has 1 radical (unpaired) electrons. The van der Waals surface area contributed by atoms with Gasteiger partial charge < -0.3 is 0 Å². The molecule has 0 atom stereocenters. The van der Waals surface area contributed by atoms with Gasteiger partial charge in [-0.2, -0.15) is 0 Å². The van der Waals surface area contributed by atoms with Gasteiger partial charge in [-0.3, -0.25) is 0 Å². The van der Waals surface area contributed by atoms with Crippen molar-refractivity contribution in [2.24, 2.45) is 0 Å². The highest BCUT2D eigenvalue weighted by Crippen LogP contribution is 2.24. The normalized spacial score (nSPS) is 10.2. The van der Waals surface area contributed by atoms with Gasteiger partial charge in [0.15, 0.2) is 0 Å². The Kier molecular flexibility index (Phi) is 8.99. The summed E-state index contributed by atoms with van der Waals surface area (Å²) >= 11 is 0. The van der Waals surface area contributed by atoms with Crippen molar-refractivity contribution in [3.63, 3.8) is 0 Å². The van der Waals surface area contributed by atoms with Crippen LogP contribution in [0.4, 0.5) is 0 Å². The molecule has 0 rings (SSSR count). The molecule has 0 aromatic rings. The second-order valence-corrected chi connectivity index (χ2v) is 2.76. The first kappa shape index (κ1) is 11.9. The summed E-state index contributed by atoms with van der Waals surface area (Å²) in [5, 5.41) is 0. The fraction of sp³-hybridized carbons (Fsp3) is 1.00. The van der Waals surface area contributed by atoms with E-state index in [9.17, 15) is 4.57 Å². The zero-order valence-corrected chi connectivity index (χ0v) is 8.21. The highest BCUT2D eigenvalue weighted by molar-refractivity contribution is 7.32. The Morgan fingerprint density at radius 2 is 1.42 bits per heavy atom. The molecule has 0 heterocycles. The summed E-state index contributed by atoms with van der Waals surface area (Å²) in [5.74, 6) is 0. The molecule has 0 aliphatic carbocycles. The molecule has 0 amide bonds. The molecule has 0 saturated heterocycles. The lowest BCUT2D eigenvalue weighted by Gasteiger charge is -2.00. The summed E-state index contributed by atoms with van der Waals surface area (Å²) in [4.78, 5) is 8.97. The standard InChI is InChI=1S/C6H14O5P/c1-3-5-8-10-12(7)11-9-6-4-2/h3-6H2,1-2H3. The average Bonchev–Trinajstić information content (AvgIpc) is 2.06. The van der Waals surface area contributed by atoms with Crippen molar-refractivity contribution < 1.29 is 23.7 Å². The average molecular weight is 197 g/mol. The fourth-order valence-corrected chi connectivity index (χ4v) is 0.686. The van der Waals surface area contributed by atoms with Gasteiger partial charge in [0.05, 0.1) is 13.2 Å². The van der Waals surface area contributed by atoms with Crippen molar-refractivity contribution in [1.29, 1.82) is 0 Å². The van der Waals surface area contributed by atoms with Crippen molar-refractivity contribution >= 4 is 8.25 Å². The fourth-order valence-electron chi connectivity index (χ4n) is 0.340. The van der Waals surface area contributed by atoms with E-state index in [1.165, 1.54) is 0 Å². The highest BCUT2D eigenvalue weighted by Gasteiger charge is 2.03. The van der Waals surface area contributed by atoms with Gasteiger partial charge in [0.25, 0.3) is 0 Å². The first-order chi connectivity index (χ1) is 5.81. The predicted molar refractivity (Wildman–Crippen MR) is 42.3 cm³/mol. The molecular formula is C6H14O5P. The first-order valence-electron chi connectivity index (χ1n) is 3.87. The summed E-state index contributed by atoms with van der Waals surface area (Å²) in [6, 6.07) is 0. The van der Waals surface area contributed by atoms with E-state index < -0.39 is 8.25 Å². The van der Waals surface area contributed by atoms with E-state index in [0.29, 0.717) is 13.2 Å². The predicted octanol–water partition coefficient (Wildman–Crippen LogP) is 2.36. The minimum atomic E-state index is -2.30. The molecule has 0 N–H and O–H groups in total. The molecule has 6 heteroatoms. The third kappa shape index (κ3) is 8.04. The lowest BCUT2D eigenvalue weighted by atomic mass is 10.5. The lowest BCUT2D eigenvalue weighted by Crippen LogP contribution is -1.93. The Morgan fingerprint density at radius 1 is 1.00 bits per heavy atom. The van der Waals surface area contributed by atoms with E-state index in [2.05, 4.69) is 19.1 Å². The molecule has 0 aliphatic heterocycles. The van der Waals surface area contributed by atoms with Gasteiger partial charge in [0.1, 0.15) is 0 Å². The zero-order chi connectivity index (χ0) is 9.23. The van der Waals surface area contributed by atoms with Gasteiger partial charge in [-0.05, 0) is 12.8 Å². The van der Waals surface area contributed by atoms with Crippen LogP contribution in [0.2, 0.25) is 0 Å². The van der Waals surface area contributed by atoms with Gasteiger partial charge in [-0.15, -0.1) is 9.35 Å². The zero-order valence-electron chi connectivity index (χ0n) is 7.32. The smallest absolute Gasteiger partial charge is 0.223 e. The molecule has 12 heavy (non-hydrogen) atoms. The Hall–Kier alpha value is -0.0600. The number of rotatable bonds is 8. The van der Waals surface area contributed by atoms with Crippen LogP contribution < -0.4 is 0 Å². The molecule has 0 bridgehead atoms. The summed E-state index contributed by atoms with van der Waals surface area (Å²) < 4.78 is 19.2. The van der Waals surface area contributed by atoms with E-state index in [1.54, 1.807) is 0 Å². The monoisotopic (exact) mass is 197 g/mol. The van der Waals surface area contributed by atoms with Crippen molar-refractivity contribution in [2.75, 3.05) is 13.2 Å². The number of hydrogen-bond donors (Lipinski definition) is 0. The second kappa shape index (κ2) is 9.03. The Balaban J connectivity index is 3.10. The van der Waals surface area contributed by atoms with Crippen LogP contribution in [0.5, 0.6) is 0 Å². The Bertz CT molecular complexity index is 107.